The van der Waals surface area contributed by atoms with Gasteiger partial charge in [-0.15, -0.1) is 0 Å². The lowest BCUT2D eigenvalue weighted by molar-refractivity contribution is 0.588. The van der Waals surface area contributed by atoms with E-state index < -0.39 is 10.0 Å². The molecule has 0 aliphatic rings. The van der Waals surface area contributed by atoms with E-state index in [-0.39, 0.29) is 10.9 Å². The summed E-state index contributed by atoms with van der Waals surface area (Å²) in [5, 5.41) is 0. The molecule has 0 bridgehead atoms. The average Bonchev–Trinajstić information content (AvgIpc) is 2.18. The molecule has 0 amide bonds. The van der Waals surface area contributed by atoms with Crippen molar-refractivity contribution >= 4 is 10.0 Å². The van der Waals surface area contributed by atoms with Gasteiger partial charge in [0.1, 0.15) is 0 Å². The molecule has 78 valence electrons. The summed E-state index contributed by atoms with van der Waals surface area (Å²) in [6.45, 7) is 1.81. The Hall–Kier alpha value is -0.910. The number of hydrogen-bond acceptors (Lipinski definition) is 3. The molecular formula is C9H14N2O2S. The predicted octanol–water partition coefficient (Wildman–Crippen LogP) is 0.614. The van der Waals surface area contributed by atoms with Crippen LogP contribution in [0.1, 0.15) is 18.5 Å². The fraction of sp³-hybridized carbons (Fsp3) is 0.333. The van der Waals surface area contributed by atoms with E-state index in [1.54, 1.807) is 18.2 Å². The van der Waals surface area contributed by atoms with Crippen molar-refractivity contribution in [3.63, 3.8) is 0 Å². The molecule has 0 fully saturated rings. The molecule has 4 nitrogen and oxygen atoms in total. The van der Waals surface area contributed by atoms with Gasteiger partial charge in [0, 0.05) is 6.04 Å². The Kier molecular flexibility index (Phi) is 3.25. The van der Waals surface area contributed by atoms with Crippen LogP contribution in [0.25, 0.3) is 0 Å². The Morgan fingerprint density at radius 3 is 2.57 bits per heavy atom. The zero-order chi connectivity index (χ0) is 10.8. The van der Waals surface area contributed by atoms with E-state index in [9.17, 15) is 8.42 Å². The van der Waals surface area contributed by atoms with Gasteiger partial charge in [0.05, 0.1) is 4.90 Å². The predicted molar refractivity (Wildman–Crippen MR) is 55.3 cm³/mol. The SMILES string of the molecule is CNS(=O)(=O)c1cccc(C(C)N)c1. The van der Waals surface area contributed by atoms with Crippen LogP contribution in [0.2, 0.25) is 0 Å². The smallest absolute Gasteiger partial charge is 0.240 e. The van der Waals surface area contributed by atoms with Gasteiger partial charge in [-0.3, -0.25) is 0 Å². The van der Waals surface area contributed by atoms with Crippen LogP contribution in [0, 0.1) is 0 Å². The van der Waals surface area contributed by atoms with Crippen LogP contribution in [0.4, 0.5) is 0 Å². The first-order valence-electron chi connectivity index (χ1n) is 4.26. The highest BCUT2D eigenvalue weighted by molar-refractivity contribution is 7.89. The van der Waals surface area contributed by atoms with Crippen molar-refractivity contribution in [2.45, 2.75) is 17.9 Å². The normalized spacial score (nSPS) is 13.9. The third kappa shape index (κ3) is 2.31. The molecule has 1 aromatic rings. The molecule has 0 saturated carbocycles. The van der Waals surface area contributed by atoms with Gasteiger partial charge in [-0.2, -0.15) is 0 Å². The Morgan fingerprint density at radius 2 is 2.07 bits per heavy atom. The van der Waals surface area contributed by atoms with E-state index in [1.165, 1.54) is 13.1 Å². The van der Waals surface area contributed by atoms with Crippen LogP contribution in [0.15, 0.2) is 29.2 Å². The molecular weight excluding hydrogens is 200 g/mol. The minimum atomic E-state index is -3.36. The summed E-state index contributed by atoms with van der Waals surface area (Å²) in [5.41, 5.74) is 6.46. The Balaban J connectivity index is 3.19. The maximum absolute atomic E-state index is 11.4. The first-order valence-corrected chi connectivity index (χ1v) is 5.75. The fourth-order valence-corrected chi connectivity index (χ4v) is 1.87. The number of nitrogens with one attached hydrogen (secondary N) is 1. The number of hydrogen-bond donors (Lipinski definition) is 2. The second kappa shape index (κ2) is 4.08. The van der Waals surface area contributed by atoms with Gasteiger partial charge < -0.3 is 5.73 Å². The van der Waals surface area contributed by atoms with Crippen molar-refractivity contribution in [3.8, 4) is 0 Å². The van der Waals surface area contributed by atoms with Crippen LogP contribution in [-0.2, 0) is 10.0 Å². The second-order valence-electron chi connectivity index (χ2n) is 3.07. The quantitative estimate of drug-likeness (QED) is 0.774. The number of sulfonamides is 1. The fourth-order valence-electron chi connectivity index (χ4n) is 1.08. The van der Waals surface area contributed by atoms with Gasteiger partial charge in [0.2, 0.25) is 10.0 Å². The number of benzene rings is 1. The zero-order valence-corrected chi connectivity index (χ0v) is 9.01. The van der Waals surface area contributed by atoms with Crippen LogP contribution >= 0.6 is 0 Å². The largest absolute Gasteiger partial charge is 0.324 e. The molecule has 1 rings (SSSR count). The molecule has 1 atom stereocenters. The Morgan fingerprint density at radius 1 is 1.43 bits per heavy atom. The molecule has 0 heterocycles. The average molecular weight is 214 g/mol. The minimum Gasteiger partial charge on any atom is -0.324 e. The van der Waals surface area contributed by atoms with Crippen molar-refractivity contribution in [2.75, 3.05) is 7.05 Å². The van der Waals surface area contributed by atoms with Crippen LogP contribution in [0.3, 0.4) is 0 Å². The minimum absolute atomic E-state index is 0.165. The topological polar surface area (TPSA) is 72.2 Å². The number of nitrogens with two attached hydrogens (primary N) is 1. The molecule has 0 aliphatic heterocycles. The molecule has 0 spiro atoms. The van der Waals surface area contributed by atoms with Gasteiger partial charge in [-0.1, -0.05) is 12.1 Å². The third-order valence-corrected chi connectivity index (χ3v) is 3.37. The molecule has 3 N–H and O–H groups in total. The highest BCUT2D eigenvalue weighted by Crippen LogP contribution is 2.15. The van der Waals surface area contributed by atoms with E-state index in [0.29, 0.717) is 0 Å². The van der Waals surface area contributed by atoms with E-state index in [2.05, 4.69) is 4.72 Å². The molecule has 1 unspecified atom stereocenters. The molecule has 0 aliphatic carbocycles. The summed E-state index contributed by atoms with van der Waals surface area (Å²) in [5.74, 6) is 0. The lowest BCUT2D eigenvalue weighted by Gasteiger charge is -2.07. The molecule has 5 heteroatoms. The monoisotopic (exact) mass is 214 g/mol. The van der Waals surface area contributed by atoms with Gasteiger partial charge >= 0.3 is 0 Å². The van der Waals surface area contributed by atoms with Gasteiger partial charge in [0.25, 0.3) is 0 Å². The molecule has 0 radical (unpaired) electrons. The van der Waals surface area contributed by atoms with E-state index in [4.69, 9.17) is 5.73 Å². The summed E-state index contributed by atoms with van der Waals surface area (Å²) in [7, 11) is -1.98. The summed E-state index contributed by atoms with van der Waals surface area (Å²) in [6.07, 6.45) is 0. The molecule has 14 heavy (non-hydrogen) atoms. The first kappa shape index (κ1) is 11.2. The van der Waals surface area contributed by atoms with Crippen LogP contribution in [-0.4, -0.2) is 15.5 Å². The van der Waals surface area contributed by atoms with Crippen molar-refractivity contribution in [3.05, 3.63) is 29.8 Å². The van der Waals surface area contributed by atoms with Gasteiger partial charge in [-0.25, -0.2) is 13.1 Å². The summed E-state index contributed by atoms with van der Waals surface area (Å²) >= 11 is 0. The lowest BCUT2D eigenvalue weighted by Crippen LogP contribution is -2.19. The highest BCUT2D eigenvalue weighted by atomic mass is 32.2. The van der Waals surface area contributed by atoms with Crippen molar-refractivity contribution in [1.29, 1.82) is 0 Å². The van der Waals surface area contributed by atoms with Crippen LogP contribution < -0.4 is 10.5 Å². The van der Waals surface area contributed by atoms with Gasteiger partial charge in [-0.05, 0) is 31.7 Å². The van der Waals surface area contributed by atoms with E-state index >= 15 is 0 Å². The maximum atomic E-state index is 11.4. The lowest BCUT2D eigenvalue weighted by atomic mass is 10.1. The molecule has 0 aromatic heterocycles. The van der Waals surface area contributed by atoms with Crippen LogP contribution in [0.5, 0.6) is 0 Å². The zero-order valence-electron chi connectivity index (χ0n) is 8.19. The van der Waals surface area contributed by atoms with Crippen molar-refractivity contribution in [1.82, 2.24) is 4.72 Å². The van der Waals surface area contributed by atoms with Crippen molar-refractivity contribution < 1.29 is 8.42 Å². The molecule has 0 saturated heterocycles. The third-order valence-electron chi connectivity index (χ3n) is 1.96. The highest BCUT2D eigenvalue weighted by Gasteiger charge is 2.11. The van der Waals surface area contributed by atoms with Crippen molar-refractivity contribution in [2.24, 2.45) is 5.73 Å². The van der Waals surface area contributed by atoms with E-state index in [0.717, 1.165) is 5.56 Å². The molecule has 1 aromatic carbocycles. The maximum Gasteiger partial charge on any atom is 0.240 e. The first-order chi connectivity index (χ1) is 6.47. The van der Waals surface area contributed by atoms with E-state index in [1.807, 2.05) is 6.92 Å². The number of rotatable bonds is 3. The Bertz CT molecular complexity index is 413. The summed E-state index contributed by atoms with van der Waals surface area (Å²) in [6, 6.07) is 6.44. The van der Waals surface area contributed by atoms with Gasteiger partial charge in [0.15, 0.2) is 0 Å². The summed E-state index contributed by atoms with van der Waals surface area (Å²) in [4.78, 5) is 0.245. The standard InChI is InChI=1S/C9H14N2O2S/c1-7(10)8-4-3-5-9(6-8)14(12,13)11-2/h3-7,11H,10H2,1-2H3. The Labute approximate surface area is 84.2 Å². The summed E-state index contributed by atoms with van der Waals surface area (Å²) < 4.78 is 25.1. The second-order valence-corrected chi connectivity index (χ2v) is 4.96.